The van der Waals surface area contributed by atoms with Gasteiger partial charge in [0.15, 0.2) is 5.79 Å². The van der Waals surface area contributed by atoms with Gasteiger partial charge >= 0.3 is 0 Å². The maximum atomic E-state index is 12.6. The molecule has 2 fully saturated rings. The summed E-state index contributed by atoms with van der Waals surface area (Å²) in [5.41, 5.74) is 2.21. The molecule has 0 atom stereocenters. The van der Waals surface area contributed by atoms with Gasteiger partial charge in [0.05, 0.1) is 19.6 Å². The Morgan fingerprint density at radius 2 is 1.59 bits per heavy atom. The highest BCUT2D eigenvalue weighted by Crippen LogP contribution is 2.31. The molecule has 0 radical (unpaired) electrons. The Bertz CT molecular complexity index is 867. The number of likely N-dealkylation sites (tertiary alicyclic amines) is 1. The van der Waals surface area contributed by atoms with Crippen LogP contribution in [0.15, 0.2) is 53.0 Å². The Morgan fingerprint density at radius 1 is 0.966 bits per heavy atom. The van der Waals surface area contributed by atoms with Crippen molar-refractivity contribution in [3.8, 4) is 0 Å². The number of halogens is 1. The van der Waals surface area contributed by atoms with Gasteiger partial charge < -0.3 is 19.7 Å². The number of rotatable bonds is 4. The van der Waals surface area contributed by atoms with Crippen LogP contribution in [0.5, 0.6) is 0 Å². The van der Waals surface area contributed by atoms with Gasteiger partial charge in [0.1, 0.15) is 0 Å². The van der Waals surface area contributed by atoms with Crippen LogP contribution in [0.2, 0.25) is 0 Å². The van der Waals surface area contributed by atoms with Crippen molar-refractivity contribution in [2.75, 3.05) is 31.6 Å². The van der Waals surface area contributed by atoms with Crippen molar-refractivity contribution in [3.63, 3.8) is 0 Å². The molecule has 2 aromatic carbocycles. The first-order valence-corrected chi connectivity index (χ1v) is 10.5. The molecule has 7 heteroatoms. The summed E-state index contributed by atoms with van der Waals surface area (Å²) in [4.78, 5) is 26.8. The second-order valence-corrected chi connectivity index (χ2v) is 8.24. The summed E-state index contributed by atoms with van der Waals surface area (Å²) in [5.74, 6) is -0.532. The monoisotopic (exact) mass is 458 g/mol. The van der Waals surface area contributed by atoms with Gasteiger partial charge in [-0.1, -0.05) is 28.1 Å². The van der Waals surface area contributed by atoms with Crippen LogP contribution >= 0.6 is 15.9 Å². The van der Waals surface area contributed by atoms with E-state index < -0.39 is 5.79 Å². The van der Waals surface area contributed by atoms with E-state index in [0.29, 0.717) is 44.0 Å². The van der Waals surface area contributed by atoms with E-state index in [1.54, 1.807) is 12.1 Å². The number of carbonyl (C=O) groups excluding carboxylic acids is 2. The molecule has 2 saturated heterocycles. The van der Waals surface area contributed by atoms with Gasteiger partial charge in [-0.25, -0.2) is 0 Å². The number of amides is 2. The molecule has 152 valence electrons. The summed E-state index contributed by atoms with van der Waals surface area (Å²) in [7, 11) is 0. The van der Waals surface area contributed by atoms with Crippen molar-refractivity contribution in [2.45, 2.75) is 25.0 Å². The first-order valence-electron chi connectivity index (χ1n) is 9.75. The highest BCUT2D eigenvalue weighted by atomic mass is 79.9. The van der Waals surface area contributed by atoms with Crippen molar-refractivity contribution >= 4 is 33.4 Å². The van der Waals surface area contributed by atoms with E-state index in [1.165, 1.54) is 0 Å². The van der Waals surface area contributed by atoms with E-state index in [9.17, 15) is 9.59 Å². The highest BCUT2D eigenvalue weighted by Gasteiger charge is 2.40. The molecule has 0 aliphatic carbocycles. The summed E-state index contributed by atoms with van der Waals surface area (Å²) in [5, 5.41) is 2.87. The zero-order chi connectivity index (χ0) is 20.3. The van der Waals surface area contributed by atoms with Gasteiger partial charge in [0.2, 0.25) is 5.91 Å². The number of hydrogen-bond acceptors (Lipinski definition) is 4. The standard InChI is InChI=1S/C22H23BrN2O4/c23-18-5-3-17(4-6-18)21(27)24-19-7-1-16(2-8-19)15-20(26)25-11-9-22(10-12-25)28-13-14-29-22/h1-8H,9-15H2,(H,24,27). The molecule has 2 aromatic rings. The lowest BCUT2D eigenvalue weighted by Gasteiger charge is -2.37. The molecule has 2 amide bonds. The molecule has 0 unspecified atom stereocenters. The van der Waals surface area contributed by atoms with E-state index in [4.69, 9.17) is 9.47 Å². The number of anilines is 1. The third-order valence-corrected chi connectivity index (χ3v) is 5.89. The minimum Gasteiger partial charge on any atom is -0.347 e. The van der Waals surface area contributed by atoms with E-state index in [-0.39, 0.29) is 11.8 Å². The van der Waals surface area contributed by atoms with Crippen molar-refractivity contribution in [3.05, 3.63) is 64.1 Å². The van der Waals surface area contributed by atoms with Gasteiger partial charge in [-0.15, -0.1) is 0 Å². The van der Waals surface area contributed by atoms with Gasteiger partial charge in [0.25, 0.3) is 5.91 Å². The molecule has 0 bridgehead atoms. The Kier molecular flexibility index (Phi) is 5.99. The van der Waals surface area contributed by atoms with E-state index in [0.717, 1.165) is 22.9 Å². The molecule has 6 nitrogen and oxygen atoms in total. The lowest BCUT2D eigenvalue weighted by Crippen LogP contribution is -2.47. The molecular weight excluding hydrogens is 436 g/mol. The van der Waals surface area contributed by atoms with Gasteiger partial charge in [-0.05, 0) is 42.0 Å². The number of hydrogen-bond donors (Lipinski definition) is 1. The van der Waals surface area contributed by atoms with Crippen LogP contribution < -0.4 is 5.32 Å². The maximum absolute atomic E-state index is 12.6. The zero-order valence-electron chi connectivity index (χ0n) is 16.0. The SMILES string of the molecule is O=C(Nc1ccc(CC(=O)N2CCC3(CC2)OCCO3)cc1)c1ccc(Br)cc1. The predicted molar refractivity (Wildman–Crippen MR) is 113 cm³/mol. The Hall–Kier alpha value is -2.22. The van der Waals surface area contributed by atoms with Crippen molar-refractivity contribution in [2.24, 2.45) is 0 Å². The second kappa shape index (κ2) is 8.65. The third kappa shape index (κ3) is 4.86. The lowest BCUT2D eigenvalue weighted by atomic mass is 10.0. The highest BCUT2D eigenvalue weighted by molar-refractivity contribution is 9.10. The predicted octanol–water partition coefficient (Wildman–Crippen LogP) is 3.61. The molecule has 4 rings (SSSR count). The summed E-state index contributed by atoms with van der Waals surface area (Å²) >= 11 is 3.36. The molecule has 2 heterocycles. The quantitative estimate of drug-likeness (QED) is 0.759. The normalized spacial score (nSPS) is 18.0. The van der Waals surface area contributed by atoms with E-state index in [2.05, 4.69) is 21.2 Å². The maximum Gasteiger partial charge on any atom is 0.255 e. The van der Waals surface area contributed by atoms with Crippen LogP contribution in [-0.2, 0) is 20.7 Å². The van der Waals surface area contributed by atoms with Gasteiger partial charge in [-0.2, -0.15) is 0 Å². The van der Waals surface area contributed by atoms with Crippen molar-refractivity contribution in [1.82, 2.24) is 4.90 Å². The smallest absolute Gasteiger partial charge is 0.255 e. The molecule has 2 aliphatic rings. The molecule has 29 heavy (non-hydrogen) atoms. The number of carbonyl (C=O) groups is 2. The van der Waals surface area contributed by atoms with Crippen molar-refractivity contribution < 1.29 is 19.1 Å². The lowest BCUT2D eigenvalue weighted by molar-refractivity contribution is -0.187. The summed E-state index contributed by atoms with van der Waals surface area (Å²) in [6.45, 7) is 2.58. The van der Waals surface area contributed by atoms with Crippen LogP contribution in [0.4, 0.5) is 5.69 Å². The zero-order valence-corrected chi connectivity index (χ0v) is 17.6. The van der Waals surface area contributed by atoms with Crippen LogP contribution in [0.25, 0.3) is 0 Å². The van der Waals surface area contributed by atoms with Crippen LogP contribution in [0.1, 0.15) is 28.8 Å². The summed E-state index contributed by atoms with van der Waals surface area (Å²) in [6.07, 6.45) is 1.79. The fourth-order valence-electron chi connectivity index (χ4n) is 3.68. The number of benzene rings is 2. The van der Waals surface area contributed by atoms with Gasteiger partial charge in [-0.3, -0.25) is 9.59 Å². The number of nitrogens with one attached hydrogen (secondary N) is 1. The number of nitrogens with zero attached hydrogens (tertiary/aromatic N) is 1. The summed E-state index contributed by atoms with van der Waals surface area (Å²) in [6, 6.07) is 14.6. The Labute approximate surface area is 178 Å². The fourth-order valence-corrected chi connectivity index (χ4v) is 3.94. The molecule has 2 aliphatic heterocycles. The average molecular weight is 459 g/mol. The van der Waals surface area contributed by atoms with Crippen LogP contribution in [0, 0.1) is 0 Å². The third-order valence-electron chi connectivity index (χ3n) is 5.37. The van der Waals surface area contributed by atoms with E-state index in [1.807, 2.05) is 41.3 Å². The molecule has 0 saturated carbocycles. The minimum absolute atomic E-state index is 0.101. The Morgan fingerprint density at radius 3 is 2.21 bits per heavy atom. The number of ether oxygens (including phenoxy) is 2. The van der Waals surface area contributed by atoms with Crippen LogP contribution in [-0.4, -0.2) is 48.8 Å². The number of piperidine rings is 1. The molecule has 0 aromatic heterocycles. The van der Waals surface area contributed by atoms with Gasteiger partial charge in [0, 0.05) is 41.7 Å². The first kappa shape index (κ1) is 20.1. The average Bonchev–Trinajstić information content (AvgIpc) is 3.18. The Balaban J connectivity index is 1.29. The first-order chi connectivity index (χ1) is 14.0. The molecular formula is C22H23BrN2O4. The molecule has 1 spiro atoms. The second-order valence-electron chi connectivity index (χ2n) is 7.32. The van der Waals surface area contributed by atoms with Crippen LogP contribution in [0.3, 0.4) is 0 Å². The fraction of sp³-hybridized carbons (Fsp3) is 0.364. The van der Waals surface area contributed by atoms with Crippen molar-refractivity contribution in [1.29, 1.82) is 0 Å². The molecule has 1 N–H and O–H groups in total. The van der Waals surface area contributed by atoms with E-state index >= 15 is 0 Å². The minimum atomic E-state index is -0.467. The summed E-state index contributed by atoms with van der Waals surface area (Å²) < 4.78 is 12.4. The largest absolute Gasteiger partial charge is 0.347 e. The topological polar surface area (TPSA) is 67.9 Å².